The van der Waals surface area contributed by atoms with Crippen LogP contribution in [-0.2, 0) is 0 Å². The number of ketones is 1. The van der Waals surface area contributed by atoms with Gasteiger partial charge in [-0.15, -0.1) is 0 Å². The van der Waals surface area contributed by atoms with E-state index in [1.54, 1.807) is 0 Å². The molecule has 0 fully saturated rings. The second-order valence-electron chi connectivity index (χ2n) is 2.52. The van der Waals surface area contributed by atoms with Crippen molar-refractivity contribution >= 4 is 11.5 Å². The Balaban J connectivity index is 3.19. The van der Waals surface area contributed by atoms with E-state index in [1.165, 1.54) is 0 Å². The van der Waals surface area contributed by atoms with Gasteiger partial charge in [-0.25, -0.2) is 4.39 Å². The van der Waals surface area contributed by atoms with Gasteiger partial charge in [-0.2, -0.15) is 0 Å². The second-order valence-corrected chi connectivity index (χ2v) is 2.52. The number of alkyl halides is 1. The fourth-order valence-corrected chi connectivity index (χ4v) is 0.920. The molecule has 0 aliphatic carbocycles. The number of nitro benzene ring substituents is 1. The first-order valence-corrected chi connectivity index (χ1v) is 3.63. The molecule has 0 aromatic heterocycles. The van der Waals surface area contributed by atoms with E-state index in [1.807, 2.05) is 0 Å². The van der Waals surface area contributed by atoms with Crippen LogP contribution in [-0.4, -0.2) is 22.5 Å². The number of carbonyl (C=O) groups excluding carboxylic acids is 1. The fourth-order valence-electron chi connectivity index (χ4n) is 0.920. The Morgan fingerprint density at radius 1 is 1.57 bits per heavy atom. The normalized spacial score (nSPS) is 9.79. The number of carbonyl (C=O) groups is 1. The molecule has 1 N–H and O–H groups in total. The van der Waals surface area contributed by atoms with Crippen molar-refractivity contribution in [2.24, 2.45) is 0 Å². The summed E-state index contributed by atoms with van der Waals surface area (Å²) in [6.07, 6.45) is 0. The van der Waals surface area contributed by atoms with Gasteiger partial charge in [-0.3, -0.25) is 14.9 Å². The molecule has 0 radical (unpaired) electrons. The van der Waals surface area contributed by atoms with Crippen LogP contribution in [0, 0.1) is 10.1 Å². The maximum Gasteiger partial charge on any atom is 0.311 e. The Morgan fingerprint density at radius 2 is 2.21 bits per heavy atom. The monoisotopic (exact) mass is 199 g/mol. The maximum absolute atomic E-state index is 11.9. The van der Waals surface area contributed by atoms with Crippen molar-refractivity contribution in [1.82, 2.24) is 0 Å². The van der Waals surface area contributed by atoms with Crippen LogP contribution >= 0.6 is 0 Å². The quantitative estimate of drug-likeness (QED) is 0.453. The molecule has 0 unspecified atom stereocenters. The molecule has 0 atom stereocenters. The van der Waals surface area contributed by atoms with Crippen molar-refractivity contribution in [2.75, 3.05) is 6.67 Å². The lowest BCUT2D eigenvalue weighted by molar-refractivity contribution is -0.385. The average Bonchev–Trinajstić information content (AvgIpc) is 2.17. The molecule has 6 heteroatoms. The van der Waals surface area contributed by atoms with Gasteiger partial charge >= 0.3 is 5.69 Å². The van der Waals surface area contributed by atoms with E-state index >= 15 is 0 Å². The topological polar surface area (TPSA) is 80.4 Å². The van der Waals surface area contributed by atoms with Gasteiger partial charge in [-0.05, 0) is 12.1 Å². The molecule has 0 bridgehead atoms. The van der Waals surface area contributed by atoms with Crippen LogP contribution in [0.25, 0.3) is 0 Å². The van der Waals surface area contributed by atoms with Crippen molar-refractivity contribution in [3.8, 4) is 5.75 Å². The number of Topliss-reactive ketones (excluding diaryl/α,β-unsaturated/α-hetero) is 1. The van der Waals surface area contributed by atoms with Gasteiger partial charge in [0.2, 0.25) is 0 Å². The maximum atomic E-state index is 11.9. The predicted octanol–water partition coefficient (Wildman–Crippen LogP) is 1.45. The minimum Gasteiger partial charge on any atom is -0.502 e. The molecule has 0 saturated heterocycles. The third-order valence-electron chi connectivity index (χ3n) is 1.62. The highest BCUT2D eigenvalue weighted by molar-refractivity contribution is 5.97. The first-order valence-electron chi connectivity index (χ1n) is 3.63. The van der Waals surface area contributed by atoms with Crippen LogP contribution in [0.3, 0.4) is 0 Å². The van der Waals surface area contributed by atoms with E-state index in [0.717, 1.165) is 18.2 Å². The highest BCUT2D eigenvalue weighted by Gasteiger charge is 2.16. The van der Waals surface area contributed by atoms with Crippen molar-refractivity contribution < 1.29 is 19.2 Å². The predicted molar refractivity (Wildman–Crippen MR) is 45.1 cm³/mol. The average molecular weight is 199 g/mol. The van der Waals surface area contributed by atoms with Crippen LogP contribution < -0.4 is 0 Å². The smallest absolute Gasteiger partial charge is 0.311 e. The molecule has 0 aliphatic rings. The number of phenols is 1. The Labute approximate surface area is 77.9 Å². The van der Waals surface area contributed by atoms with E-state index in [-0.39, 0.29) is 5.56 Å². The number of nitro groups is 1. The molecule has 14 heavy (non-hydrogen) atoms. The zero-order valence-corrected chi connectivity index (χ0v) is 6.94. The molecular weight excluding hydrogens is 193 g/mol. The summed E-state index contributed by atoms with van der Waals surface area (Å²) in [5.74, 6) is -1.40. The Hall–Kier alpha value is -1.98. The van der Waals surface area contributed by atoms with Gasteiger partial charge in [0.1, 0.15) is 0 Å². The van der Waals surface area contributed by atoms with Crippen LogP contribution in [0.4, 0.5) is 10.1 Å². The van der Waals surface area contributed by atoms with Crippen molar-refractivity contribution in [2.45, 2.75) is 0 Å². The summed E-state index contributed by atoms with van der Waals surface area (Å²) in [6.45, 7) is -1.22. The number of phenolic OH excluding ortho intramolecular Hbond substituents is 1. The minimum atomic E-state index is -1.22. The summed E-state index contributed by atoms with van der Waals surface area (Å²) in [6, 6.07) is 2.96. The van der Waals surface area contributed by atoms with Crippen LogP contribution in [0.5, 0.6) is 5.75 Å². The molecular formula is C8H6FNO4. The molecule has 1 rings (SSSR count). The molecule has 1 aromatic rings. The van der Waals surface area contributed by atoms with Crippen molar-refractivity contribution in [3.63, 3.8) is 0 Å². The summed E-state index contributed by atoms with van der Waals surface area (Å²) < 4.78 is 11.9. The SMILES string of the molecule is O=C(CF)c1ccc(O)c([N+](=O)[O-])c1. The second kappa shape index (κ2) is 3.82. The highest BCUT2D eigenvalue weighted by Crippen LogP contribution is 2.26. The Bertz CT molecular complexity index is 391. The molecule has 5 nitrogen and oxygen atoms in total. The summed E-state index contributed by atoms with van der Waals surface area (Å²) in [7, 11) is 0. The third-order valence-corrected chi connectivity index (χ3v) is 1.62. The minimum absolute atomic E-state index is 0.128. The molecule has 0 spiro atoms. The molecule has 74 valence electrons. The number of hydrogen-bond acceptors (Lipinski definition) is 4. The van der Waals surface area contributed by atoms with E-state index < -0.39 is 28.8 Å². The third kappa shape index (κ3) is 1.85. The lowest BCUT2D eigenvalue weighted by Crippen LogP contribution is -2.01. The first-order chi connectivity index (χ1) is 6.56. The Morgan fingerprint density at radius 3 is 2.71 bits per heavy atom. The molecule has 1 aromatic carbocycles. The van der Waals surface area contributed by atoms with Gasteiger partial charge in [0.25, 0.3) is 0 Å². The van der Waals surface area contributed by atoms with Gasteiger partial charge in [0, 0.05) is 11.6 Å². The summed E-state index contributed by atoms with van der Waals surface area (Å²) in [5.41, 5.74) is -0.735. The van der Waals surface area contributed by atoms with Crippen molar-refractivity contribution in [1.29, 1.82) is 0 Å². The van der Waals surface area contributed by atoms with Gasteiger partial charge in [0.15, 0.2) is 18.2 Å². The summed E-state index contributed by atoms with van der Waals surface area (Å²) in [4.78, 5) is 20.3. The molecule has 0 saturated carbocycles. The standard InChI is InChI=1S/C8H6FNO4/c9-4-8(12)5-1-2-7(11)6(3-5)10(13)14/h1-3,11H,4H2. The molecule has 0 heterocycles. The van der Waals surface area contributed by atoms with Crippen molar-refractivity contribution in [3.05, 3.63) is 33.9 Å². The first kappa shape index (κ1) is 10.1. The van der Waals surface area contributed by atoms with Crippen LogP contribution in [0.2, 0.25) is 0 Å². The number of rotatable bonds is 3. The van der Waals surface area contributed by atoms with Crippen LogP contribution in [0.15, 0.2) is 18.2 Å². The lowest BCUT2D eigenvalue weighted by Gasteiger charge is -1.98. The van der Waals surface area contributed by atoms with Gasteiger partial charge < -0.3 is 5.11 Å². The molecule has 0 amide bonds. The number of aromatic hydroxyl groups is 1. The Kier molecular flexibility index (Phi) is 2.76. The number of nitrogens with zero attached hydrogens (tertiary/aromatic N) is 1. The number of halogens is 1. The number of benzene rings is 1. The number of hydrogen-bond donors (Lipinski definition) is 1. The lowest BCUT2D eigenvalue weighted by atomic mass is 10.1. The van der Waals surface area contributed by atoms with E-state index in [2.05, 4.69) is 0 Å². The van der Waals surface area contributed by atoms with Gasteiger partial charge in [0.05, 0.1) is 4.92 Å². The largest absolute Gasteiger partial charge is 0.502 e. The summed E-state index contributed by atoms with van der Waals surface area (Å²) in [5, 5.41) is 19.3. The summed E-state index contributed by atoms with van der Waals surface area (Å²) >= 11 is 0. The van der Waals surface area contributed by atoms with E-state index in [4.69, 9.17) is 5.11 Å². The van der Waals surface area contributed by atoms with E-state index in [0.29, 0.717) is 0 Å². The zero-order valence-electron chi connectivity index (χ0n) is 6.94. The molecule has 0 aliphatic heterocycles. The zero-order chi connectivity index (χ0) is 10.7. The van der Waals surface area contributed by atoms with E-state index in [9.17, 15) is 19.3 Å². The highest BCUT2D eigenvalue weighted by atomic mass is 19.1. The fraction of sp³-hybridized carbons (Fsp3) is 0.125. The van der Waals surface area contributed by atoms with Gasteiger partial charge in [-0.1, -0.05) is 0 Å². The van der Waals surface area contributed by atoms with Crippen LogP contribution in [0.1, 0.15) is 10.4 Å².